The number of hydrogen-bond donors (Lipinski definition) is 2. The van der Waals surface area contributed by atoms with Crippen LogP contribution in [0.15, 0.2) is 34.2 Å². The average Bonchev–Trinajstić information content (AvgIpc) is 2.60. The van der Waals surface area contributed by atoms with Crippen molar-refractivity contribution in [2.75, 3.05) is 46.0 Å². The predicted molar refractivity (Wildman–Crippen MR) is 120 cm³/mol. The second-order valence-electron chi connectivity index (χ2n) is 5.97. The largest absolute Gasteiger partial charge is 0.356 e. The van der Waals surface area contributed by atoms with Crippen LogP contribution in [-0.2, 0) is 16.3 Å². The van der Waals surface area contributed by atoms with Crippen molar-refractivity contribution in [2.45, 2.75) is 31.6 Å². The summed E-state index contributed by atoms with van der Waals surface area (Å²) in [5.74, 6) is 0.798. The second kappa shape index (κ2) is 13.3. The van der Waals surface area contributed by atoms with Crippen LogP contribution >= 0.6 is 24.0 Å². The number of nitrogens with one attached hydrogen (secondary N) is 2. The molecule has 8 heteroatoms. The molecule has 0 unspecified atom stereocenters. The molecule has 0 amide bonds. The molecule has 0 radical (unpaired) electrons. The van der Waals surface area contributed by atoms with Gasteiger partial charge in [-0.1, -0.05) is 26.0 Å². The van der Waals surface area contributed by atoms with Crippen LogP contribution in [0.25, 0.3) is 0 Å². The maximum atomic E-state index is 11.5. The first-order valence-corrected chi connectivity index (χ1v) is 10.8. The topological polar surface area (TPSA) is 73.8 Å². The molecule has 0 heterocycles. The highest BCUT2D eigenvalue weighted by Crippen LogP contribution is 2.10. The summed E-state index contributed by atoms with van der Waals surface area (Å²) < 4.78 is 22.9. The number of sulfone groups is 1. The molecule has 0 bridgehead atoms. The molecular formula is C18H33IN4O2S. The predicted octanol–water partition coefficient (Wildman–Crippen LogP) is 2.15. The van der Waals surface area contributed by atoms with Gasteiger partial charge in [-0.2, -0.15) is 0 Å². The van der Waals surface area contributed by atoms with Crippen molar-refractivity contribution < 1.29 is 8.42 Å². The first kappa shape index (κ1) is 25.1. The Labute approximate surface area is 175 Å². The van der Waals surface area contributed by atoms with Gasteiger partial charge in [0.25, 0.3) is 0 Å². The van der Waals surface area contributed by atoms with E-state index in [4.69, 9.17) is 0 Å². The Balaban J connectivity index is 0.00000625. The Hall–Kier alpha value is -0.870. The molecule has 0 fully saturated rings. The van der Waals surface area contributed by atoms with Crippen molar-refractivity contribution in [2.24, 2.45) is 4.99 Å². The lowest BCUT2D eigenvalue weighted by Gasteiger charge is -2.18. The highest BCUT2D eigenvalue weighted by Gasteiger charge is 2.06. The zero-order chi connectivity index (χ0) is 18.7. The van der Waals surface area contributed by atoms with Gasteiger partial charge in [0.1, 0.15) is 0 Å². The van der Waals surface area contributed by atoms with Gasteiger partial charge in [-0.15, -0.1) is 24.0 Å². The molecule has 6 nitrogen and oxygen atoms in total. The maximum absolute atomic E-state index is 11.5. The summed E-state index contributed by atoms with van der Waals surface area (Å²) >= 11 is 0. The van der Waals surface area contributed by atoms with Gasteiger partial charge in [-0.25, -0.2) is 8.42 Å². The molecule has 0 aliphatic carbocycles. The Kier molecular flexibility index (Phi) is 12.9. The minimum absolute atomic E-state index is 0. The summed E-state index contributed by atoms with van der Waals surface area (Å²) in [6.07, 6.45) is 3.11. The fourth-order valence-corrected chi connectivity index (χ4v) is 3.13. The molecule has 26 heavy (non-hydrogen) atoms. The lowest BCUT2D eigenvalue weighted by molar-refractivity contribution is 0.300. The van der Waals surface area contributed by atoms with Crippen molar-refractivity contribution in [3.05, 3.63) is 29.8 Å². The lowest BCUT2D eigenvalue weighted by Crippen LogP contribution is -2.39. The summed E-state index contributed by atoms with van der Waals surface area (Å²) in [6.45, 7) is 9.25. The zero-order valence-corrected chi connectivity index (χ0v) is 19.4. The monoisotopic (exact) mass is 496 g/mol. The average molecular weight is 496 g/mol. The fraction of sp³-hybridized carbons (Fsp3) is 0.611. The summed E-state index contributed by atoms with van der Waals surface area (Å²) in [7, 11) is -1.36. The lowest BCUT2D eigenvalue weighted by atomic mass is 10.1. The summed E-state index contributed by atoms with van der Waals surface area (Å²) in [4.78, 5) is 6.98. The van der Waals surface area contributed by atoms with Gasteiger partial charge in [0.05, 0.1) is 4.90 Å². The first-order chi connectivity index (χ1) is 11.9. The minimum atomic E-state index is -3.13. The quantitative estimate of drug-likeness (QED) is 0.225. The summed E-state index contributed by atoms with van der Waals surface area (Å²) in [5.41, 5.74) is 1.09. The third-order valence-electron chi connectivity index (χ3n) is 4.12. The number of halogens is 1. The Morgan fingerprint density at radius 2 is 1.65 bits per heavy atom. The highest BCUT2D eigenvalue weighted by atomic mass is 127. The van der Waals surface area contributed by atoms with E-state index in [-0.39, 0.29) is 24.0 Å². The normalized spacial score (nSPS) is 12.0. The standard InChI is InChI=1S/C18H32N4O2S.HI/c1-5-22(6-2)15-7-13-20-18(19-3)21-14-12-16-8-10-17(11-9-16)25(4,23)24;/h8-11H,5-7,12-15H2,1-4H3,(H2,19,20,21);1H. The number of nitrogens with zero attached hydrogens (tertiary/aromatic N) is 2. The molecule has 0 spiro atoms. The molecule has 0 aromatic heterocycles. The van der Waals surface area contributed by atoms with Gasteiger partial charge in [-0.05, 0) is 50.2 Å². The molecule has 2 N–H and O–H groups in total. The van der Waals surface area contributed by atoms with Gasteiger partial charge >= 0.3 is 0 Å². The zero-order valence-electron chi connectivity index (χ0n) is 16.3. The van der Waals surface area contributed by atoms with E-state index in [0.717, 1.165) is 57.1 Å². The van der Waals surface area contributed by atoms with Crippen LogP contribution in [0.2, 0.25) is 0 Å². The SMILES string of the molecule is CCN(CC)CCCNC(=NC)NCCc1ccc(S(C)(=O)=O)cc1.I. The van der Waals surface area contributed by atoms with E-state index in [1.54, 1.807) is 19.2 Å². The van der Waals surface area contributed by atoms with Crippen LogP contribution in [0.1, 0.15) is 25.8 Å². The van der Waals surface area contributed by atoms with Crippen molar-refractivity contribution in [1.29, 1.82) is 0 Å². The Bertz CT molecular complexity index is 629. The van der Waals surface area contributed by atoms with Crippen LogP contribution in [-0.4, -0.2) is 65.3 Å². The highest BCUT2D eigenvalue weighted by molar-refractivity contribution is 14.0. The number of benzene rings is 1. The van der Waals surface area contributed by atoms with Crippen molar-refractivity contribution in [1.82, 2.24) is 15.5 Å². The number of rotatable bonds is 10. The summed E-state index contributed by atoms with van der Waals surface area (Å²) in [6, 6.07) is 7.03. The van der Waals surface area contributed by atoms with Gasteiger partial charge in [0, 0.05) is 26.4 Å². The molecular weight excluding hydrogens is 463 g/mol. The van der Waals surface area contributed by atoms with Crippen LogP contribution in [0, 0.1) is 0 Å². The van der Waals surface area contributed by atoms with E-state index in [9.17, 15) is 8.42 Å². The molecule has 150 valence electrons. The molecule has 0 aliphatic heterocycles. The van der Waals surface area contributed by atoms with E-state index in [0.29, 0.717) is 4.90 Å². The first-order valence-electron chi connectivity index (χ1n) is 8.86. The van der Waals surface area contributed by atoms with E-state index < -0.39 is 9.84 Å². The van der Waals surface area contributed by atoms with Crippen LogP contribution in [0.4, 0.5) is 0 Å². The van der Waals surface area contributed by atoms with E-state index in [1.165, 1.54) is 6.26 Å². The van der Waals surface area contributed by atoms with Gasteiger partial charge in [0.15, 0.2) is 15.8 Å². The van der Waals surface area contributed by atoms with E-state index in [1.807, 2.05) is 12.1 Å². The molecule has 0 aliphatic rings. The third-order valence-corrected chi connectivity index (χ3v) is 5.25. The van der Waals surface area contributed by atoms with Crippen molar-refractivity contribution in [3.8, 4) is 0 Å². The maximum Gasteiger partial charge on any atom is 0.190 e. The Morgan fingerprint density at radius 1 is 1.08 bits per heavy atom. The second-order valence-corrected chi connectivity index (χ2v) is 7.99. The molecule has 1 rings (SSSR count). The Morgan fingerprint density at radius 3 is 2.15 bits per heavy atom. The van der Waals surface area contributed by atoms with E-state index >= 15 is 0 Å². The smallest absolute Gasteiger partial charge is 0.190 e. The number of hydrogen-bond acceptors (Lipinski definition) is 4. The van der Waals surface area contributed by atoms with Crippen molar-refractivity contribution in [3.63, 3.8) is 0 Å². The van der Waals surface area contributed by atoms with Crippen LogP contribution in [0.5, 0.6) is 0 Å². The summed E-state index contributed by atoms with van der Waals surface area (Å²) in [5, 5.41) is 6.61. The number of aliphatic imine (C=N–C) groups is 1. The van der Waals surface area contributed by atoms with E-state index in [2.05, 4.69) is 34.4 Å². The molecule has 1 aromatic rings. The number of guanidine groups is 1. The van der Waals surface area contributed by atoms with Gasteiger partial charge < -0.3 is 15.5 Å². The minimum Gasteiger partial charge on any atom is -0.356 e. The molecule has 0 atom stereocenters. The molecule has 0 saturated carbocycles. The fourth-order valence-electron chi connectivity index (χ4n) is 2.50. The van der Waals surface area contributed by atoms with Gasteiger partial charge in [0.2, 0.25) is 0 Å². The third kappa shape index (κ3) is 9.72. The van der Waals surface area contributed by atoms with Crippen molar-refractivity contribution >= 4 is 39.8 Å². The van der Waals surface area contributed by atoms with Crippen LogP contribution in [0.3, 0.4) is 0 Å². The molecule has 1 aromatic carbocycles. The van der Waals surface area contributed by atoms with Crippen LogP contribution < -0.4 is 10.6 Å². The molecule has 0 saturated heterocycles. The van der Waals surface area contributed by atoms with Gasteiger partial charge in [-0.3, -0.25) is 4.99 Å².